The van der Waals surface area contributed by atoms with E-state index in [2.05, 4.69) is 15.5 Å². The highest BCUT2D eigenvalue weighted by molar-refractivity contribution is 6.30. The Bertz CT molecular complexity index is 975. The Morgan fingerprint density at radius 3 is 2.55 bits per heavy atom. The maximum atomic E-state index is 12.4. The normalized spacial score (nSPS) is 10.5. The molecule has 1 N–H and O–H groups in total. The number of urea groups is 1. The number of rotatable bonds is 7. The van der Waals surface area contributed by atoms with E-state index in [1.807, 2.05) is 12.1 Å². The second kappa shape index (κ2) is 9.29. The molecule has 0 bridgehead atoms. The summed E-state index contributed by atoms with van der Waals surface area (Å²) in [5.41, 5.74) is 1.39. The van der Waals surface area contributed by atoms with Gasteiger partial charge in [0.25, 0.3) is 5.89 Å². The Kier molecular flexibility index (Phi) is 6.56. The molecule has 0 aliphatic carbocycles. The number of halogens is 1. The van der Waals surface area contributed by atoms with E-state index in [4.69, 9.17) is 25.6 Å². The molecule has 0 radical (unpaired) electrons. The third-order valence-corrected chi connectivity index (χ3v) is 4.46. The SMILES string of the molecule is COc1ccc(NC(=O)N(C)CCc2noc(-c3ccc(Cl)cc3)n2)cc1OC. The van der Waals surface area contributed by atoms with Crippen LogP contribution in [0.4, 0.5) is 10.5 Å². The lowest BCUT2D eigenvalue weighted by Gasteiger charge is -2.17. The number of hydrogen-bond donors (Lipinski definition) is 1. The highest BCUT2D eigenvalue weighted by Crippen LogP contribution is 2.29. The van der Waals surface area contributed by atoms with Gasteiger partial charge in [-0.15, -0.1) is 0 Å². The van der Waals surface area contributed by atoms with E-state index in [1.165, 1.54) is 4.90 Å². The van der Waals surface area contributed by atoms with Crippen molar-refractivity contribution in [2.75, 3.05) is 33.1 Å². The molecule has 0 fully saturated rings. The van der Waals surface area contributed by atoms with Crippen LogP contribution in [0.2, 0.25) is 5.02 Å². The summed E-state index contributed by atoms with van der Waals surface area (Å²) in [6, 6.07) is 12.0. The number of carbonyl (C=O) groups excluding carboxylic acids is 1. The molecule has 8 nitrogen and oxygen atoms in total. The van der Waals surface area contributed by atoms with E-state index in [0.717, 1.165) is 5.56 Å². The van der Waals surface area contributed by atoms with E-state index in [1.54, 1.807) is 51.6 Å². The predicted octanol–water partition coefficient (Wildman–Crippen LogP) is 4.11. The van der Waals surface area contributed by atoms with Gasteiger partial charge in [0.05, 0.1) is 14.2 Å². The van der Waals surface area contributed by atoms with Crippen LogP contribution in [0.15, 0.2) is 47.0 Å². The molecule has 2 aromatic carbocycles. The highest BCUT2D eigenvalue weighted by Gasteiger charge is 2.14. The van der Waals surface area contributed by atoms with Crippen molar-refractivity contribution in [1.29, 1.82) is 0 Å². The molecule has 0 aliphatic rings. The van der Waals surface area contributed by atoms with Gasteiger partial charge in [0.2, 0.25) is 0 Å². The lowest BCUT2D eigenvalue weighted by Crippen LogP contribution is -2.33. The fourth-order valence-electron chi connectivity index (χ4n) is 2.57. The summed E-state index contributed by atoms with van der Waals surface area (Å²) in [7, 11) is 4.79. The number of likely N-dealkylation sites (N-methyl/N-ethyl adjacent to an activating group) is 1. The van der Waals surface area contributed by atoms with E-state index < -0.39 is 0 Å². The molecule has 1 heterocycles. The monoisotopic (exact) mass is 416 g/mol. The number of aromatic nitrogens is 2. The number of hydrogen-bond acceptors (Lipinski definition) is 6. The van der Waals surface area contributed by atoms with Crippen LogP contribution in [0.3, 0.4) is 0 Å². The average molecular weight is 417 g/mol. The fraction of sp³-hybridized carbons (Fsp3) is 0.250. The van der Waals surface area contributed by atoms with E-state index in [9.17, 15) is 4.79 Å². The van der Waals surface area contributed by atoms with Gasteiger partial charge in [-0.2, -0.15) is 4.98 Å². The number of carbonyl (C=O) groups is 1. The second-order valence-electron chi connectivity index (χ2n) is 6.19. The van der Waals surface area contributed by atoms with Crippen molar-refractivity contribution in [2.24, 2.45) is 0 Å². The zero-order valence-corrected chi connectivity index (χ0v) is 17.1. The second-order valence-corrected chi connectivity index (χ2v) is 6.63. The Morgan fingerprint density at radius 1 is 1.14 bits per heavy atom. The lowest BCUT2D eigenvalue weighted by molar-refractivity contribution is 0.222. The minimum atomic E-state index is -0.265. The summed E-state index contributed by atoms with van der Waals surface area (Å²) in [5.74, 6) is 2.05. The van der Waals surface area contributed by atoms with E-state index in [0.29, 0.717) is 46.9 Å². The van der Waals surface area contributed by atoms with Crippen LogP contribution in [-0.4, -0.2) is 48.9 Å². The van der Waals surface area contributed by atoms with Gasteiger partial charge in [-0.05, 0) is 36.4 Å². The number of nitrogens with zero attached hydrogens (tertiary/aromatic N) is 3. The number of amides is 2. The molecule has 1 aromatic heterocycles. The smallest absolute Gasteiger partial charge is 0.321 e. The first-order chi connectivity index (χ1) is 14.0. The van der Waals surface area contributed by atoms with Crippen LogP contribution in [0.5, 0.6) is 11.5 Å². The van der Waals surface area contributed by atoms with Gasteiger partial charge < -0.3 is 24.2 Å². The average Bonchev–Trinajstić information content (AvgIpc) is 3.21. The van der Waals surface area contributed by atoms with Crippen LogP contribution >= 0.6 is 11.6 Å². The topological polar surface area (TPSA) is 89.7 Å². The standard InChI is InChI=1S/C20H21ClN4O4/c1-25(20(26)22-15-8-9-16(27-2)17(12-15)28-3)11-10-18-23-19(29-24-18)13-4-6-14(21)7-5-13/h4-9,12H,10-11H2,1-3H3,(H,22,26). The van der Waals surface area contributed by atoms with E-state index in [-0.39, 0.29) is 6.03 Å². The van der Waals surface area contributed by atoms with Gasteiger partial charge >= 0.3 is 6.03 Å². The Balaban J connectivity index is 1.56. The van der Waals surface area contributed by atoms with Crippen LogP contribution in [-0.2, 0) is 6.42 Å². The summed E-state index contributed by atoms with van der Waals surface area (Å²) in [5, 5.41) is 7.41. The number of ether oxygens (including phenoxy) is 2. The summed E-state index contributed by atoms with van der Waals surface area (Å²) >= 11 is 5.89. The van der Waals surface area contributed by atoms with Crippen molar-refractivity contribution in [3.8, 4) is 23.0 Å². The maximum absolute atomic E-state index is 12.4. The summed E-state index contributed by atoms with van der Waals surface area (Å²) in [6.07, 6.45) is 0.451. The zero-order chi connectivity index (χ0) is 20.8. The van der Waals surface area contributed by atoms with Crippen LogP contribution in [0.1, 0.15) is 5.82 Å². The van der Waals surface area contributed by atoms with Crippen molar-refractivity contribution < 1.29 is 18.8 Å². The summed E-state index contributed by atoms with van der Waals surface area (Å²) in [4.78, 5) is 18.3. The Hall–Kier alpha value is -3.26. The van der Waals surface area contributed by atoms with Gasteiger partial charge in [-0.25, -0.2) is 4.79 Å². The predicted molar refractivity (Wildman–Crippen MR) is 110 cm³/mol. The molecule has 0 atom stereocenters. The van der Waals surface area contributed by atoms with Gasteiger partial charge in [-0.3, -0.25) is 0 Å². The molecular formula is C20H21ClN4O4. The first kappa shape index (κ1) is 20.5. The van der Waals surface area contributed by atoms with Crippen LogP contribution in [0, 0.1) is 0 Å². The number of benzene rings is 2. The van der Waals surface area contributed by atoms with Crippen molar-refractivity contribution in [3.63, 3.8) is 0 Å². The molecule has 9 heteroatoms. The summed E-state index contributed by atoms with van der Waals surface area (Å²) < 4.78 is 15.7. The third kappa shape index (κ3) is 5.17. The molecule has 3 rings (SSSR count). The number of nitrogens with one attached hydrogen (secondary N) is 1. The minimum absolute atomic E-state index is 0.265. The van der Waals surface area contributed by atoms with E-state index >= 15 is 0 Å². The van der Waals surface area contributed by atoms with Crippen LogP contribution < -0.4 is 14.8 Å². The molecule has 2 amide bonds. The quantitative estimate of drug-likeness (QED) is 0.623. The van der Waals surface area contributed by atoms with Gasteiger partial charge in [0.15, 0.2) is 17.3 Å². The van der Waals surface area contributed by atoms with Crippen molar-refractivity contribution in [3.05, 3.63) is 53.3 Å². The Labute approximate surface area is 173 Å². The van der Waals surface area contributed by atoms with Crippen molar-refractivity contribution in [1.82, 2.24) is 15.0 Å². The number of anilines is 1. The molecule has 29 heavy (non-hydrogen) atoms. The lowest BCUT2D eigenvalue weighted by atomic mass is 10.2. The van der Waals surface area contributed by atoms with Crippen molar-refractivity contribution in [2.45, 2.75) is 6.42 Å². The number of methoxy groups -OCH3 is 2. The first-order valence-corrected chi connectivity index (χ1v) is 9.20. The molecule has 152 valence electrons. The minimum Gasteiger partial charge on any atom is -0.493 e. The van der Waals surface area contributed by atoms with Gasteiger partial charge in [0.1, 0.15) is 0 Å². The molecule has 3 aromatic rings. The molecular weight excluding hydrogens is 396 g/mol. The molecule has 0 saturated heterocycles. The van der Waals surface area contributed by atoms with Gasteiger partial charge in [-0.1, -0.05) is 16.8 Å². The summed E-state index contributed by atoms with van der Waals surface area (Å²) in [6.45, 7) is 0.415. The van der Waals surface area contributed by atoms with Crippen molar-refractivity contribution >= 4 is 23.3 Å². The highest BCUT2D eigenvalue weighted by atomic mass is 35.5. The largest absolute Gasteiger partial charge is 0.493 e. The molecule has 0 aliphatic heterocycles. The van der Waals surface area contributed by atoms with Crippen LogP contribution in [0.25, 0.3) is 11.5 Å². The zero-order valence-electron chi connectivity index (χ0n) is 16.3. The van der Waals surface area contributed by atoms with Gasteiger partial charge in [0, 0.05) is 42.4 Å². The third-order valence-electron chi connectivity index (χ3n) is 4.21. The fourth-order valence-corrected chi connectivity index (χ4v) is 2.69. The maximum Gasteiger partial charge on any atom is 0.321 e. The Morgan fingerprint density at radius 2 is 1.86 bits per heavy atom. The molecule has 0 saturated carbocycles. The first-order valence-electron chi connectivity index (χ1n) is 8.83. The molecule has 0 spiro atoms. The molecule has 0 unspecified atom stereocenters.